The molecule has 2 aromatic rings. The topological polar surface area (TPSA) is 69.4 Å². The van der Waals surface area contributed by atoms with E-state index < -0.39 is 4.92 Å². The minimum atomic E-state index is -0.510. The van der Waals surface area contributed by atoms with Crippen LogP contribution >= 0.6 is 31.9 Å². The highest BCUT2D eigenvalue weighted by Crippen LogP contribution is 2.28. The minimum Gasteiger partial charge on any atom is -0.484 e. The van der Waals surface area contributed by atoms with Gasteiger partial charge in [0.25, 0.3) is 5.69 Å². The van der Waals surface area contributed by atoms with Crippen LogP contribution in [0.2, 0.25) is 0 Å². The van der Waals surface area contributed by atoms with Crippen LogP contribution in [-0.4, -0.2) is 17.3 Å². The molecular weight excluding hydrogens is 406 g/mol. The third-order valence-corrected chi connectivity index (χ3v) is 3.77. The average Bonchev–Trinajstić information content (AvgIpc) is 2.46. The number of ether oxygens (including phenoxy) is 1. The van der Waals surface area contributed by atoms with Gasteiger partial charge in [0.05, 0.1) is 9.40 Å². The number of Topliss-reactive ketones (excluding diaryl/α,β-unsaturated/α-hetero) is 1. The maximum Gasteiger partial charge on any atom is 0.269 e. The summed E-state index contributed by atoms with van der Waals surface area (Å²) >= 11 is 6.66. The van der Waals surface area contributed by atoms with Crippen molar-refractivity contribution >= 4 is 43.3 Å². The Bertz CT molecular complexity index is 686. The lowest BCUT2D eigenvalue weighted by atomic mass is 10.1. The van der Waals surface area contributed by atoms with Crippen LogP contribution in [0.5, 0.6) is 5.75 Å². The maximum absolute atomic E-state index is 12.0. The Morgan fingerprint density at radius 3 is 2.38 bits per heavy atom. The number of hydrogen-bond donors (Lipinski definition) is 0. The third kappa shape index (κ3) is 4.12. The van der Waals surface area contributed by atoms with Crippen LogP contribution in [0.3, 0.4) is 0 Å². The van der Waals surface area contributed by atoms with Gasteiger partial charge in [-0.3, -0.25) is 14.9 Å². The van der Waals surface area contributed by atoms with Gasteiger partial charge in [-0.15, -0.1) is 0 Å². The summed E-state index contributed by atoms with van der Waals surface area (Å²) in [5.41, 5.74) is 0.317. The largest absolute Gasteiger partial charge is 0.484 e. The molecule has 0 atom stereocenters. The number of nitro groups is 1. The number of rotatable bonds is 5. The second-order valence-electron chi connectivity index (χ2n) is 4.09. The van der Waals surface area contributed by atoms with Gasteiger partial charge in [0, 0.05) is 22.2 Å². The van der Waals surface area contributed by atoms with E-state index in [2.05, 4.69) is 31.9 Å². The molecule has 0 bridgehead atoms. The van der Waals surface area contributed by atoms with Gasteiger partial charge in [0.2, 0.25) is 0 Å². The predicted molar refractivity (Wildman–Crippen MR) is 84.8 cm³/mol. The minimum absolute atomic E-state index is 0.0527. The Kier molecular flexibility index (Phi) is 5.08. The summed E-state index contributed by atoms with van der Waals surface area (Å²) in [6.07, 6.45) is 0. The van der Waals surface area contributed by atoms with Gasteiger partial charge in [-0.25, -0.2) is 0 Å². The van der Waals surface area contributed by atoms with Crippen LogP contribution in [0.15, 0.2) is 51.4 Å². The van der Waals surface area contributed by atoms with Crippen LogP contribution in [-0.2, 0) is 0 Å². The van der Waals surface area contributed by atoms with Crippen molar-refractivity contribution in [1.82, 2.24) is 0 Å². The van der Waals surface area contributed by atoms with Crippen molar-refractivity contribution in [1.29, 1.82) is 0 Å². The molecule has 7 heteroatoms. The molecule has 0 unspecified atom stereocenters. The number of nitrogens with zero attached hydrogens (tertiary/aromatic N) is 1. The van der Waals surface area contributed by atoms with E-state index in [1.165, 1.54) is 24.3 Å². The number of carbonyl (C=O) groups excluding carboxylic acids is 1. The SMILES string of the molecule is O=C(COc1ccc(Br)cc1Br)c1ccc([N+](=O)[O-])cc1. The number of ketones is 1. The smallest absolute Gasteiger partial charge is 0.269 e. The van der Waals surface area contributed by atoms with E-state index in [4.69, 9.17) is 4.74 Å². The summed E-state index contributed by atoms with van der Waals surface area (Å²) in [7, 11) is 0. The highest BCUT2D eigenvalue weighted by molar-refractivity contribution is 9.11. The van der Waals surface area contributed by atoms with E-state index in [0.717, 1.165) is 8.95 Å². The second-order valence-corrected chi connectivity index (χ2v) is 5.86. The quantitative estimate of drug-likeness (QED) is 0.413. The number of benzene rings is 2. The fourth-order valence-corrected chi connectivity index (χ4v) is 2.75. The molecule has 0 saturated heterocycles. The molecule has 0 N–H and O–H groups in total. The van der Waals surface area contributed by atoms with E-state index in [0.29, 0.717) is 11.3 Å². The van der Waals surface area contributed by atoms with Gasteiger partial charge in [-0.05, 0) is 46.3 Å². The summed E-state index contributed by atoms with van der Waals surface area (Å²) < 4.78 is 7.06. The van der Waals surface area contributed by atoms with Gasteiger partial charge in [-0.2, -0.15) is 0 Å². The first-order chi connectivity index (χ1) is 9.97. The van der Waals surface area contributed by atoms with Crippen molar-refractivity contribution < 1.29 is 14.5 Å². The normalized spacial score (nSPS) is 10.2. The lowest BCUT2D eigenvalue weighted by Gasteiger charge is -2.07. The zero-order valence-electron chi connectivity index (χ0n) is 10.6. The molecule has 0 radical (unpaired) electrons. The zero-order chi connectivity index (χ0) is 15.4. The average molecular weight is 415 g/mol. The van der Waals surface area contributed by atoms with Gasteiger partial charge >= 0.3 is 0 Å². The number of non-ortho nitro benzene ring substituents is 1. The molecule has 0 aliphatic heterocycles. The summed E-state index contributed by atoms with van der Waals surface area (Å²) in [5, 5.41) is 10.5. The van der Waals surface area contributed by atoms with Gasteiger partial charge < -0.3 is 4.74 Å². The standard InChI is InChI=1S/C14H9Br2NO4/c15-10-3-6-14(12(16)7-10)21-8-13(18)9-1-4-11(5-2-9)17(19)20/h1-7H,8H2. The highest BCUT2D eigenvalue weighted by atomic mass is 79.9. The van der Waals surface area contributed by atoms with Crippen LogP contribution in [0.4, 0.5) is 5.69 Å². The first-order valence-corrected chi connectivity index (χ1v) is 7.41. The molecular formula is C14H9Br2NO4. The monoisotopic (exact) mass is 413 g/mol. The van der Waals surface area contributed by atoms with Crippen LogP contribution < -0.4 is 4.74 Å². The Balaban J connectivity index is 2.02. The van der Waals surface area contributed by atoms with E-state index in [9.17, 15) is 14.9 Å². The summed E-state index contributed by atoms with van der Waals surface area (Å²) in [6.45, 7) is -0.141. The zero-order valence-corrected chi connectivity index (χ0v) is 13.8. The summed E-state index contributed by atoms with van der Waals surface area (Å²) in [5.74, 6) is 0.299. The van der Waals surface area contributed by atoms with Crippen molar-refractivity contribution in [3.8, 4) is 5.75 Å². The molecule has 0 aromatic heterocycles. The highest BCUT2D eigenvalue weighted by Gasteiger charge is 2.11. The van der Waals surface area contributed by atoms with Crippen molar-refractivity contribution in [2.45, 2.75) is 0 Å². The van der Waals surface area contributed by atoms with Crippen LogP contribution in [0.1, 0.15) is 10.4 Å². The van der Waals surface area contributed by atoms with E-state index in [-0.39, 0.29) is 18.1 Å². The molecule has 0 fully saturated rings. The van der Waals surface area contributed by atoms with E-state index in [1.807, 2.05) is 6.07 Å². The number of nitro benzene ring substituents is 1. The molecule has 21 heavy (non-hydrogen) atoms. The molecule has 2 rings (SSSR count). The van der Waals surface area contributed by atoms with Gasteiger partial charge in [-0.1, -0.05) is 15.9 Å². The van der Waals surface area contributed by atoms with E-state index in [1.54, 1.807) is 12.1 Å². The van der Waals surface area contributed by atoms with Gasteiger partial charge in [0.15, 0.2) is 12.4 Å². The number of hydrogen-bond acceptors (Lipinski definition) is 4. The van der Waals surface area contributed by atoms with Gasteiger partial charge in [0.1, 0.15) is 5.75 Å². The lowest BCUT2D eigenvalue weighted by molar-refractivity contribution is -0.384. The molecule has 0 saturated carbocycles. The third-order valence-electron chi connectivity index (χ3n) is 2.65. The van der Waals surface area contributed by atoms with Crippen molar-refractivity contribution in [3.63, 3.8) is 0 Å². The Morgan fingerprint density at radius 2 is 1.81 bits per heavy atom. The molecule has 0 amide bonds. The Morgan fingerprint density at radius 1 is 1.14 bits per heavy atom. The lowest BCUT2D eigenvalue weighted by Crippen LogP contribution is -2.11. The summed E-state index contributed by atoms with van der Waals surface area (Å²) in [4.78, 5) is 22.0. The number of halogens is 2. The van der Waals surface area contributed by atoms with Crippen LogP contribution in [0, 0.1) is 10.1 Å². The molecule has 0 spiro atoms. The fraction of sp³-hybridized carbons (Fsp3) is 0.0714. The Hall–Kier alpha value is -1.73. The molecule has 0 aliphatic carbocycles. The predicted octanol–water partition coefficient (Wildman–Crippen LogP) is 4.38. The van der Waals surface area contributed by atoms with E-state index >= 15 is 0 Å². The molecule has 5 nitrogen and oxygen atoms in total. The Labute approximate surface area is 137 Å². The van der Waals surface area contributed by atoms with Crippen molar-refractivity contribution in [3.05, 3.63) is 67.1 Å². The summed E-state index contributed by atoms with van der Waals surface area (Å²) in [6, 6.07) is 10.8. The van der Waals surface area contributed by atoms with Crippen molar-refractivity contribution in [2.75, 3.05) is 6.61 Å². The number of carbonyl (C=O) groups is 1. The first-order valence-electron chi connectivity index (χ1n) is 5.83. The molecule has 2 aromatic carbocycles. The fourth-order valence-electron chi connectivity index (χ4n) is 1.59. The first kappa shape index (κ1) is 15.7. The molecule has 108 valence electrons. The maximum atomic E-state index is 12.0. The molecule has 0 aliphatic rings. The van der Waals surface area contributed by atoms with Crippen LogP contribution in [0.25, 0.3) is 0 Å². The second kappa shape index (κ2) is 6.82. The molecule has 0 heterocycles. The van der Waals surface area contributed by atoms with Crippen molar-refractivity contribution in [2.24, 2.45) is 0 Å².